The third kappa shape index (κ3) is 5.13. The Labute approximate surface area is 130 Å². The number of nitrogens with zero attached hydrogens (tertiary/aromatic N) is 2. The first kappa shape index (κ1) is 15.9. The fourth-order valence-corrected chi connectivity index (χ4v) is 1.89. The molecule has 0 saturated carbocycles. The van der Waals surface area contributed by atoms with Gasteiger partial charge < -0.3 is 4.74 Å². The summed E-state index contributed by atoms with van der Waals surface area (Å²) < 4.78 is 5.65. The Morgan fingerprint density at radius 1 is 0.909 bits per heavy atom. The maximum absolute atomic E-state index is 10.6. The highest BCUT2D eigenvalue weighted by atomic mass is 16.5. The summed E-state index contributed by atoms with van der Waals surface area (Å²) >= 11 is 0. The van der Waals surface area contributed by atoms with E-state index in [-0.39, 0.29) is 0 Å². The highest BCUT2D eigenvalue weighted by molar-refractivity contribution is 5.75. The quantitative estimate of drug-likeness (QED) is 0.368. The van der Waals surface area contributed by atoms with Crippen molar-refractivity contribution in [3.8, 4) is 5.75 Å². The maximum Gasteiger partial charge on any atom is 0.150 e. The van der Waals surface area contributed by atoms with E-state index in [1.54, 1.807) is 24.3 Å². The standard InChI is InChI=1S/C18H20N2O2/c1-2-3-4-13-22-18-11-9-17(10-12-18)20-19-16-7-5-15(14-21)6-8-16/h5-12,14H,2-4,13H2,1H3. The lowest BCUT2D eigenvalue weighted by Gasteiger charge is -2.05. The zero-order chi connectivity index (χ0) is 15.6. The second kappa shape index (κ2) is 8.72. The molecule has 2 aromatic rings. The van der Waals surface area contributed by atoms with Crippen LogP contribution >= 0.6 is 0 Å². The molecule has 0 heterocycles. The first-order valence-electron chi connectivity index (χ1n) is 7.51. The molecule has 0 atom stereocenters. The van der Waals surface area contributed by atoms with E-state index in [0.29, 0.717) is 11.3 Å². The Morgan fingerprint density at radius 3 is 2.05 bits per heavy atom. The molecule has 0 unspecified atom stereocenters. The Kier molecular flexibility index (Phi) is 6.30. The average molecular weight is 296 g/mol. The Morgan fingerprint density at radius 2 is 1.50 bits per heavy atom. The van der Waals surface area contributed by atoms with Gasteiger partial charge in [-0.1, -0.05) is 19.8 Å². The van der Waals surface area contributed by atoms with Crippen molar-refractivity contribution in [3.63, 3.8) is 0 Å². The van der Waals surface area contributed by atoms with Gasteiger partial charge in [0.25, 0.3) is 0 Å². The lowest BCUT2D eigenvalue weighted by Crippen LogP contribution is -1.96. The number of carbonyl (C=O) groups excluding carboxylic acids is 1. The van der Waals surface area contributed by atoms with Crippen LogP contribution in [-0.2, 0) is 0 Å². The van der Waals surface area contributed by atoms with E-state index in [1.165, 1.54) is 12.8 Å². The van der Waals surface area contributed by atoms with Crippen LogP contribution in [0.25, 0.3) is 0 Å². The topological polar surface area (TPSA) is 51.0 Å². The number of carbonyl (C=O) groups is 1. The molecule has 0 N–H and O–H groups in total. The highest BCUT2D eigenvalue weighted by Crippen LogP contribution is 2.21. The van der Waals surface area contributed by atoms with Crippen LogP contribution in [0.5, 0.6) is 5.75 Å². The fraction of sp³-hybridized carbons (Fsp3) is 0.278. The molecule has 0 aliphatic rings. The van der Waals surface area contributed by atoms with E-state index < -0.39 is 0 Å². The minimum absolute atomic E-state index is 0.628. The number of unbranched alkanes of at least 4 members (excludes halogenated alkanes) is 2. The molecule has 0 aliphatic carbocycles. The van der Waals surface area contributed by atoms with Gasteiger partial charge in [0.1, 0.15) is 12.0 Å². The van der Waals surface area contributed by atoms with Crippen LogP contribution in [0.2, 0.25) is 0 Å². The highest BCUT2D eigenvalue weighted by Gasteiger charge is 1.96. The molecule has 0 aliphatic heterocycles. The van der Waals surface area contributed by atoms with Gasteiger partial charge in [0.15, 0.2) is 0 Å². The third-order valence-corrected chi connectivity index (χ3v) is 3.16. The number of rotatable bonds is 8. The summed E-state index contributed by atoms with van der Waals surface area (Å²) in [5.41, 5.74) is 2.11. The van der Waals surface area contributed by atoms with Crippen LogP contribution < -0.4 is 4.74 Å². The summed E-state index contributed by atoms with van der Waals surface area (Å²) in [6, 6.07) is 14.5. The summed E-state index contributed by atoms with van der Waals surface area (Å²) in [6.45, 7) is 2.92. The van der Waals surface area contributed by atoms with Crippen molar-refractivity contribution in [1.29, 1.82) is 0 Å². The molecule has 114 valence electrons. The first-order valence-corrected chi connectivity index (χ1v) is 7.51. The Balaban J connectivity index is 1.89. The van der Waals surface area contributed by atoms with Crippen LogP contribution in [-0.4, -0.2) is 12.9 Å². The summed E-state index contributed by atoms with van der Waals surface area (Å²) in [7, 11) is 0. The molecule has 0 fully saturated rings. The van der Waals surface area contributed by atoms with Gasteiger partial charge in [-0.2, -0.15) is 10.2 Å². The van der Waals surface area contributed by atoms with Gasteiger partial charge in [-0.25, -0.2) is 0 Å². The van der Waals surface area contributed by atoms with Crippen molar-refractivity contribution < 1.29 is 9.53 Å². The molecule has 0 saturated heterocycles. The van der Waals surface area contributed by atoms with Crippen molar-refractivity contribution in [1.82, 2.24) is 0 Å². The molecule has 2 rings (SSSR count). The van der Waals surface area contributed by atoms with Gasteiger partial charge in [0.2, 0.25) is 0 Å². The number of azo groups is 1. The van der Waals surface area contributed by atoms with Crippen LogP contribution in [0.3, 0.4) is 0 Å². The molecule has 0 radical (unpaired) electrons. The lowest BCUT2D eigenvalue weighted by molar-refractivity contribution is 0.112. The molecular weight excluding hydrogens is 276 g/mol. The van der Waals surface area contributed by atoms with Crippen LogP contribution in [0, 0.1) is 0 Å². The average Bonchev–Trinajstić information content (AvgIpc) is 2.58. The number of hydrogen-bond donors (Lipinski definition) is 0. The normalized spacial score (nSPS) is 10.8. The molecule has 0 aromatic heterocycles. The van der Waals surface area contributed by atoms with Crippen molar-refractivity contribution in [2.45, 2.75) is 26.2 Å². The Hall–Kier alpha value is -2.49. The first-order chi connectivity index (χ1) is 10.8. The van der Waals surface area contributed by atoms with E-state index in [4.69, 9.17) is 4.74 Å². The number of ether oxygens (including phenoxy) is 1. The fourth-order valence-electron chi connectivity index (χ4n) is 1.89. The van der Waals surface area contributed by atoms with Gasteiger partial charge in [-0.15, -0.1) is 0 Å². The van der Waals surface area contributed by atoms with Crippen LogP contribution in [0.4, 0.5) is 11.4 Å². The van der Waals surface area contributed by atoms with Gasteiger partial charge in [0.05, 0.1) is 18.0 Å². The van der Waals surface area contributed by atoms with Gasteiger partial charge in [-0.3, -0.25) is 4.79 Å². The maximum atomic E-state index is 10.6. The minimum atomic E-state index is 0.628. The van der Waals surface area contributed by atoms with E-state index in [1.807, 2.05) is 24.3 Å². The zero-order valence-electron chi connectivity index (χ0n) is 12.7. The molecule has 4 heteroatoms. The van der Waals surface area contributed by atoms with Crippen LogP contribution in [0.15, 0.2) is 58.8 Å². The van der Waals surface area contributed by atoms with Gasteiger partial charge >= 0.3 is 0 Å². The molecule has 0 bridgehead atoms. The summed E-state index contributed by atoms with van der Waals surface area (Å²) in [4.78, 5) is 10.6. The molecule has 4 nitrogen and oxygen atoms in total. The zero-order valence-corrected chi connectivity index (χ0v) is 12.7. The second-order valence-electron chi connectivity index (χ2n) is 4.96. The van der Waals surface area contributed by atoms with Crippen LogP contribution in [0.1, 0.15) is 36.5 Å². The summed E-state index contributed by atoms with van der Waals surface area (Å²) in [5.74, 6) is 0.852. The molecule has 2 aromatic carbocycles. The van der Waals surface area contributed by atoms with Crippen molar-refractivity contribution in [2.24, 2.45) is 10.2 Å². The van der Waals surface area contributed by atoms with Crippen molar-refractivity contribution >= 4 is 17.7 Å². The number of aldehydes is 1. The van der Waals surface area contributed by atoms with E-state index in [2.05, 4.69) is 17.2 Å². The third-order valence-electron chi connectivity index (χ3n) is 3.16. The Bertz CT molecular complexity index is 604. The van der Waals surface area contributed by atoms with Crippen molar-refractivity contribution in [2.75, 3.05) is 6.61 Å². The molecule has 0 amide bonds. The second-order valence-corrected chi connectivity index (χ2v) is 4.96. The van der Waals surface area contributed by atoms with E-state index >= 15 is 0 Å². The minimum Gasteiger partial charge on any atom is -0.494 e. The van der Waals surface area contributed by atoms with Crippen molar-refractivity contribution in [3.05, 3.63) is 54.1 Å². The predicted molar refractivity (Wildman–Crippen MR) is 87.5 cm³/mol. The predicted octanol–water partition coefficient (Wildman–Crippen LogP) is 5.48. The number of hydrogen-bond acceptors (Lipinski definition) is 4. The smallest absolute Gasteiger partial charge is 0.150 e. The van der Waals surface area contributed by atoms with Gasteiger partial charge in [-0.05, 0) is 55.0 Å². The summed E-state index contributed by atoms with van der Waals surface area (Å²) in [5, 5.41) is 8.30. The monoisotopic (exact) mass is 296 g/mol. The van der Waals surface area contributed by atoms with E-state index in [9.17, 15) is 4.79 Å². The SMILES string of the molecule is CCCCCOc1ccc(N=Nc2ccc(C=O)cc2)cc1. The molecule has 0 spiro atoms. The number of benzene rings is 2. The molecule has 22 heavy (non-hydrogen) atoms. The molecular formula is C18H20N2O2. The lowest BCUT2D eigenvalue weighted by atomic mass is 10.2. The van der Waals surface area contributed by atoms with Gasteiger partial charge in [0, 0.05) is 5.56 Å². The largest absolute Gasteiger partial charge is 0.494 e. The van der Waals surface area contributed by atoms with E-state index in [0.717, 1.165) is 30.8 Å². The summed E-state index contributed by atoms with van der Waals surface area (Å²) in [6.07, 6.45) is 4.26.